The summed E-state index contributed by atoms with van der Waals surface area (Å²) in [5.41, 5.74) is 8.77. The van der Waals surface area contributed by atoms with Gasteiger partial charge in [-0.25, -0.2) is 8.91 Å². The topological polar surface area (TPSA) is 123 Å². The minimum Gasteiger partial charge on any atom is -0.394 e. The number of aliphatic hydroxyl groups excluding tert-OH is 1. The number of anilines is 1. The maximum absolute atomic E-state index is 13.4. The van der Waals surface area contributed by atoms with Crippen molar-refractivity contribution >= 4 is 17.5 Å². The summed E-state index contributed by atoms with van der Waals surface area (Å²) in [6, 6.07) is 7.58. The van der Waals surface area contributed by atoms with Gasteiger partial charge in [0, 0.05) is 29.6 Å². The average Bonchev–Trinajstić information content (AvgIpc) is 3.40. The van der Waals surface area contributed by atoms with Crippen molar-refractivity contribution in [2.75, 3.05) is 12.3 Å². The predicted molar refractivity (Wildman–Crippen MR) is 122 cm³/mol. The van der Waals surface area contributed by atoms with E-state index >= 15 is 0 Å². The minimum absolute atomic E-state index is 0.0447. The summed E-state index contributed by atoms with van der Waals surface area (Å²) in [5, 5.41) is 20.7. The number of nitrogens with two attached hydrogens (primary N) is 1. The number of carbonyl (C=O) groups excluding carboxylic acids is 1. The van der Waals surface area contributed by atoms with E-state index in [0.29, 0.717) is 11.2 Å². The van der Waals surface area contributed by atoms with Crippen LogP contribution in [0.15, 0.2) is 48.9 Å². The number of nitrogens with zero attached hydrogens (tertiary/aromatic N) is 5. The molecule has 1 amide bonds. The summed E-state index contributed by atoms with van der Waals surface area (Å²) in [6.45, 7) is 5.65. The van der Waals surface area contributed by atoms with Gasteiger partial charge in [-0.1, -0.05) is 26.0 Å². The fourth-order valence-electron chi connectivity index (χ4n) is 3.82. The van der Waals surface area contributed by atoms with Crippen molar-refractivity contribution in [1.82, 2.24) is 29.7 Å². The molecule has 2 atom stereocenters. The van der Waals surface area contributed by atoms with Crippen LogP contribution in [0, 0.1) is 11.7 Å². The third kappa shape index (κ3) is 4.56. The Kier molecular flexibility index (Phi) is 6.10. The molecule has 0 aliphatic heterocycles. The van der Waals surface area contributed by atoms with Gasteiger partial charge < -0.3 is 16.2 Å². The molecule has 1 aromatic carbocycles. The number of amides is 1. The molecule has 0 aliphatic carbocycles. The molecular weight excluding hydrogens is 425 g/mol. The van der Waals surface area contributed by atoms with Crippen LogP contribution in [0.1, 0.15) is 42.7 Å². The summed E-state index contributed by atoms with van der Waals surface area (Å²) in [7, 11) is 0. The van der Waals surface area contributed by atoms with E-state index in [9.17, 15) is 14.3 Å². The molecule has 0 fully saturated rings. The molecule has 0 spiro atoms. The largest absolute Gasteiger partial charge is 0.394 e. The van der Waals surface area contributed by atoms with Crippen LogP contribution in [-0.2, 0) is 0 Å². The Morgan fingerprint density at radius 3 is 2.58 bits per heavy atom. The second-order valence-electron chi connectivity index (χ2n) is 8.39. The number of nitrogen functional groups attached to an aromatic ring is 1. The number of benzene rings is 1. The van der Waals surface area contributed by atoms with Gasteiger partial charge in [0.05, 0.1) is 24.4 Å². The molecule has 3 aromatic heterocycles. The van der Waals surface area contributed by atoms with Gasteiger partial charge in [-0.05, 0) is 36.6 Å². The first-order valence-corrected chi connectivity index (χ1v) is 10.6. The second kappa shape index (κ2) is 8.99. The molecule has 4 aromatic rings. The van der Waals surface area contributed by atoms with Gasteiger partial charge in [0.1, 0.15) is 5.82 Å². The standard InChI is InChI=1S/C23H26FN7O2/c1-13(2)20(15-4-6-18(24)7-5-15)30-11-17(9-26-30)16-8-19(22(33)27-14(3)12-32)21-28-23(25)29-31(21)10-16/h4-11,13-14,20,32H,12H2,1-3H3,(H2,25,29)(H,27,33)/t14-,20?/m0/s1. The van der Waals surface area contributed by atoms with Crippen LogP contribution in [0.25, 0.3) is 16.8 Å². The van der Waals surface area contributed by atoms with Crippen LogP contribution in [0.2, 0.25) is 0 Å². The predicted octanol–water partition coefficient (Wildman–Crippen LogP) is 2.67. The Hall–Kier alpha value is -3.79. The monoisotopic (exact) mass is 451 g/mol. The van der Waals surface area contributed by atoms with Crippen LogP contribution in [0.3, 0.4) is 0 Å². The van der Waals surface area contributed by atoms with Crippen LogP contribution in [-0.4, -0.2) is 48.0 Å². The fraction of sp³-hybridized carbons (Fsp3) is 0.304. The smallest absolute Gasteiger partial charge is 0.255 e. The zero-order valence-electron chi connectivity index (χ0n) is 18.6. The van der Waals surface area contributed by atoms with E-state index < -0.39 is 11.9 Å². The maximum Gasteiger partial charge on any atom is 0.255 e. The van der Waals surface area contributed by atoms with Gasteiger partial charge in [-0.3, -0.25) is 9.48 Å². The number of pyridine rings is 1. The van der Waals surface area contributed by atoms with Crippen molar-refractivity contribution in [3.63, 3.8) is 0 Å². The normalized spacial score (nSPS) is 13.4. The highest BCUT2D eigenvalue weighted by Crippen LogP contribution is 2.29. The molecule has 0 saturated heterocycles. The maximum atomic E-state index is 13.4. The lowest BCUT2D eigenvalue weighted by atomic mass is 9.96. The minimum atomic E-state index is -0.424. The Labute approximate surface area is 190 Å². The number of halogens is 1. The molecule has 33 heavy (non-hydrogen) atoms. The van der Waals surface area contributed by atoms with Crippen LogP contribution < -0.4 is 11.1 Å². The van der Waals surface area contributed by atoms with E-state index in [0.717, 1.165) is 11.1 Å². The lowest BCUT2D eigenvalue weighted by molar-refractivity contribution is 0.0923. The molecule has 0 saturated carbocycles. The van der Waals surface area contributed by atoms with Gasteiger partial charge in [-0.15, -0.1) is 5.10 Å². The molecule has 4 rings (SSSR count). The lowest BCUT2D eigenvalue weighted by Crippen LogP contribution is -2.35. The van der Waals surface area contributed by atoms with Gasteiger partial charge >= 0.3 is 0 Å². The molecule has 1 unspecified atom stereocenters. The highest BCUT2D eigenvalue weighted by atomic mass is 19.1. The van der Waals surface area contributed by atoms with Gasteiger partial charge in [0.25, 0.3) is 5.91 Å². The number of fused-ring (bicyclic) bond motifs is 1. The van der Waals surface area contributed by atoms with Gasteiger partial charge in [0.15, 0.2) is 5.65 Å². The lowest BCUT2D eigenvalue weighted by Gasteiger charge is -2.22. The Balaban J connectivity index is 1.75. The van der Waals surface area contributed by atoms with Gasteiger partial charge in [0.2, 0.25) is 5.95 Å². The summed E-state index contributed by atoms with van der Waals surface area (Å²) >= 11 is 0. The van der Waals surface area contributed by atoms with Crippen molar-refractivity contribution in [1.29, 1.82) is 0 Å². The number of aliphatic hydroxyl groups is 1. The molecular formula is C23H26FN7O2. The molecule has 3 heterocycles. The first kappa shape index (κ1) is 22.4. The molecule has 172 valence electrons. The van der Waals surface area contributed by atoms with Crippen LogP contribution >= 0.6 is 0 Å². The summed E-state index contributed by atoms with van der Waals surface area (Å²) < 4.78 is 16.7. The Morgan fingerprint density at radius 1 is 1.18 bits per heavy atom. The first-order valence-electron chi connectivity index (χ1n) is 10.6. The summed E-state index contributed by atoms with van der Waals surface area (Å²) in [4.78, 5) is 17.0. The van der Waals surface area contributed by atoms with E-state index in [1.54, 1.807) is 37.5 Å². The number of hydrogen-bond acceptors (Lipinski definition) is 6. The van der Waals surface area contributed by atoms with Gasteiger partial charge in [-0.2, -0.15) is 10.1 Å². The van der Waals surface area contributed by atoms with Crippen LogP contribution in [0.5, 0.6) is 0 Å². The number of rotatable bonds is 7. The zero-order valence-corrected chi connectivity index (χ0v) is 18.6. The zero-order chi connectivity index (χ0) is 23.7. The third-order valence-electron chi connectivity index (χ3n) is 5.41. The molecule has 0 bridgehead atoms. The Bertz CT molecular complexity index is 1280. The fourth-order valence-corrected chi connectivity index (χ4v) is 3.82. The van der Waals surface area contributed by atoms with Crippen molar-refractivity contribution in [3.05, 3.63) is 65.9 Å². The summed E-state index contributed by atoms with van der Waals surface area (Å²) in [5.74, 6) is -0.441. The highest BCUT2D eigenvalue weighted by molar-refractivity contribution is 6.01. The quantitative estimate of drug-likeness (QED) is 0.397. The Morgan fingerprint density at radius 2 is 1.91 bits per heavy atom. The highest BCUT2D eigenvalue weighted by Gasteiger charge is 2.21. The molecule has 9 nitrogen and oxygen atoms in total. The number of hydrogen-bond donors (Lipinski definition) is 3. The van der Waals surface area contributed by atoms with Crippen LogP contribution in [0.4, 0.5) is 10.3 Å². The number of nitrogens with one attached hydrogen (secondary N) is 1. The van der Waals surface area contributed by atoms with Crippen molar-refractivity contribution in [2.24, 2.45) is 5.92 Å². The van der Waals surface area contributed by atoms with Crippen molar-refractivity contribution < 1.29 is 14.3 Å². The van der Waals surface area contributed by atoms with Crippen molar-refractivity contribution in [3.8, 4) is 11.1 Å². The molecule has 0 radical (unpaired) electrons. The first-order chi connectivity index (χ1) is 15.8. The van der Waals surface area contributed by atoms with E-state index in [1.807, 2.05) is 10.9 Å². The molecule has 4 N–H and O–H groups in total. The average molecular weight is 452 g/mol. The number of aromatic nitrogens is 5. The van der Waals surface area contributed by atoms with E-state index in [-0.39, 0.29) is 35.9 Å². The SMILES string of the molecule is CC(C)C(c1ccc(F)cc1)n1cc(-c2cc(C(=O)N[C@@H](C)CO)c3nc(N)nn3c2)cn1. The van der Waals surface area contributed by atoms with E-state index in [2.05, 4.69) is 34.3 Å². The molecule has 0 aliphatic rings. The summed E-state index contributed by atoms with van der Waals surface area (Å²) in [6.07, 6.45) is 5.32. The second-order valence-corrected chi connectivity index (χ2v) is 8.39. The third-order valence-corrected chi connectivity index (χ3v) is 5.41. The van der Waals surface area contributed by atoms with E-state index in [1.165, 1.54) is 16.6 Å². The van der Waals surface area contributed by atoms with E-state index in [4.69, 9.17) is 5.73 Å². The number of carbonyl (C=O) groups is 1. The van der Waals surface area contributed by atoms with Crippen molar-refractivity contribution in [2.45, 2.75) is 32.9 Å². The molecule has 10 heteroatoms.